The summed E-state index contributed by atoms with van der Waals surface area (Å²) in [6.45, 7) is 3.95. The number of aromatic nitrogens is 2. The molecule has 1 aliphatic rings. The van der Waals surface area contributed by atoms with E-state index in [0.29, 0.717) is 22.9 Å². The summed E-state index contributed by atoms with van der Waals surface area (Å²) in [6, 6.07) is 5.90. The smallest absolute Gasteiger partial charge is 0.258 e. The lowest BCUT2D eigenvalue weighted by molar-refractivity contribution is 0.581. The van der Waals surface area contributed by atoms with Gasteiger partial charge < -0.3 is 4.90 Å². The summed E-state index contributed by atoms with van der Waals surface area (Å²) in [7, 11) is -3.02. The number of anilines is 1. The molecule has 2 aromatic rings. The van der Waals surface area contributed by atoms with E-state index in [0.717, 1.165) is 0 Å². The van der Waals surface area contributed by atoms with Gasteiger partial charge in [-0.05, 0) is 26.0 Å². The molecular weight excluding hydrogens is 333 g/mol. The number of sulfone groups is 1. The summed E-state index contributed by atoms with van der Waals surface area (Å²) in [6.07, 6.45) is 0. The van der Waals surface area contributed by atoms with Crippen molar-refractivity contribution in [1.29, 1.82) is 0 Å². The van der Waals surface area contributed by atoms with Gasteiger partial charge in [-0.15, -0.1) is 0 Å². The van der Waals surface area contributed by atoms with Gasteiger partial charge in [-0.2, -0.15) is 0 Å². The fraction of sp³-hybridized carbons (Fsp3) is 0.375. The topological polar surface area (TPSA) is 72.3 Å². The average Bonchev–Trinajstić information content (AvgIpc) is 2.47. The molecule has 1 fully saturated rings. The van der Waals surface area contributed by atoms with Crippen LogP contribution in [0.4, 0.5) is 10.1 Å². The summed E-state index contributed by atoms with van der Waals surface area (Å²) in [5.74, 6) is 0.0402. The summed E-state index contributed by atoms with van der Waals surface area (Å²) >= 11 is 0. The van der Waals surface area contributed by atoms with Crippen LogP contribution in [0.25, 0.3) is 5.69 Å². The van der Waals surface area contributed by atoms with Crippen LogP contribution in [0.1, 0.15) is 11.5 Å². The van der Waals surface area contributed by atoms with E-state index in [9.17, 15) is 17.6 Å². The first-order valence-electron chi connectivity index (χ1n) is 7.59. The SMILES string of the molecule is Cc1cc(=O)n(-c2ccc(N3CCS(=O)(=O)CC3)c(F)c2)c(C)n1. The molecule has 0 radical (unpaired) electrons. The molecule has 2 heterocycles. The van der Waals surface area contributed by atoms with Crippen molar-refractivity contribution in [2.75, 3.05) is 29.5 Å². The fourth-order valence-electron chi connectivity index (χ4n) is 2.90. The number of benzene rings is 1. The predicted molar refractivity (Wildman–Crippen MR) is 90.1 cm³/mol. The molecule has 0 amide bonds. The lowest BCUT2D eigenvalue weighted by Crippen LogP contribution is -2.40. The summed E-state index contributed by atoms with van der Waals surface area (Å²) in [4.78, 5) is 18.1. The van der Waals surface area contributed by atoms with Gasteiger partial charge in [-0.1, -0.05) is 0 Å². The lowest BCUT2D eigenvalue weighted by Gasteiger charge is -2.29. The van der Waals surface area contributed by atoms with Gasteiger partial charge in [0.2, 0.25) is 0 Å². The van der Waals surface area contributed by atoms with Gasteiger partial charge in [-0.3, -0.25) is 9.36 Å². The van der Waals surface area contributed by atoms with Crippen molar-refractivity contribution in [3.63, 3.8) is 0 Å². The van der Waals surface area contributed by atoms with Crippen molar-refractivity contribution in [2.45, 2.75) is 13.8 Å². The van der Waals surface area contributed by atoms with Gasteiger partial charge in [-0.25, -0.2) is 17.8 Å². The third kappa shape index (κ3) is 3.19. The second-order valence-electron chi connectivity index (χ2n) is 5.89. The third-order valence-electron chi connectivity index (χ3n) is 4.09. The van der Waals surface area contributed by atoms with Gasteiger partial charge in [0, 0.05) is 30.9 Å². The molecule has 0 atom stereocenters. The van der Waals surface area contributed by atoms with Crippen LogP contribution < -0.4 is 10.5 Å². The van der Waals surface area contributed by atoms with Crippen molar-refractivity contribution in [3.05, 3.63) is 52.0 Å². The minimum Gasteiger partial charge on any atom is -0.367 e. The second-order valence-corrected chi connectivity index (χ2v) is 8.20. The van der Waals surface area contributed by atoms with Gasteiger partial charge in [0.05, 0.1) is 22.9 Å². The maximum atomic E-state index is 14.5. The van der Waals surface area contributed by atoms with Crippen molar-refractivity contribution in [2.24, 2.45) is 0 Å². The number of nitrogens with zero attached hydrogens (tertiary/aromatic N) is 3. The second kappa shape index (κ2) is 6.01. The number of aryl methyl sites for hydroxylation is 2. The first kappa shape index (κ1) is 16.6. The Hall–Kier alpha value is -2.22. The minimum absolute atomic E-state index is 0.0225. The maximum Gasteiger partial charge on any atom is 0.258 e. The van der Waals surface area contributed by atoms with E-state index >= 15 is 0 Å². The molecular formula is C16H18FN3O3S. The molecule has 1 saturated heterocycles. The number of rotatable bonds is 2. The zero-order chi connectivity index (χ0) is 17.5. The molecule has 0 bridgehead atoms. The highest BCUT2D eigenvalue weighted by Crippen LogP contribution is 2.24. The quantitative estimate of drug-likeness (QED) is 0.814. The van der Waals surface area contributed by atoms with Crippen LogP contribution in [0.3, 0.4) is 0 Å². The fourth-order valence-corrected chi connectivity index (χ4v) is 4.10. The third-order valence-corrected chi connectivity index (χ3v) is 5.70. The normalized spacial score (nSPS) is 17.0. The molecule has 128 valence electrons. The van der Waals surface area contributed by atoms with Crippen LogP contribution in [0.15, 0.2) is 29.1 Å². The molecule has 1 aromatic carbocycles. The Bertz CT molecular complexity index is 940. The lowest BCUT2D eigenvalue weighted by atomic mass is 10.2. The molecule has 24 heavy (non-hydrogen) atoms. The Morgan fingerprint density at radius 2 is 1.79 bits per heavy atom. The van der Waals surface area contributed by atoms with Crippen LogP contribution in [0.5, 0.6) is 0 Å². The molecule has 0 N–H and O–H groups in total. The summed E-state index contributed by atoms with van der Waals surface area (Å²) in [5, 5.41) is 0. The molecule has 0 saturated carbocycles. The van der Waals surface area contributed by atoms with Gasteiger partial charge in [0.15, 0.2) is 9.84 Å². The van der Waals surface area contributed by atoms with E-state index in [1.54, 1.807) is 30.9 Å². The predicted octanol–water partition coefficient (Wildman–Crippen LogP) is 1.22. The Kier molecular flexibility index (Phi) is 4.16. The van der Waals surface area contributed by atoms with Crippen LogP contribution in [0.2, 0.25) is 0 Å². The van der Waals surface area contributed by atoms with E-state index in [1.807, 2.05) is 0 Å². The van der Waals surface area contributed by atoms with Crippen LogP contribution in [-0.4, -0.2) is 42.6 Å². The van der Waals surface area contributed by atoms with Crippen molar-refractivity contribution < 1.29 is 12.8 Å². The summed E-state index contributed by atoms with van der Waals surface area (Å²) < 4.78 is 38.9. The number of hydrogen-bond acceptors (Lipinski definition) is 5. The van der Waals surface area contributed by atoms with Gasteiger partial charge in [0.25, 0.3) is 5.56 Å². The molecule has 8 heteroatoms. The molecule has 0 spiro atoms. The van der Waals surface area contributed by atoms with E-state index in [2.05, 4.69) is 4.98 Å². The number of halogens is 1. The molecule has 3 rings (SSSR count). The van der Waals surface area contributed by atoms with E-state index in [1.165, 1.54) is 16.7 Å². The molecule has 0 aliphatic carbocycles. The maximum absolute atomic E-state index is 14.5. The van der Waals surface area contributed by atoms with Gasteiger partial charge in [0.1, 0.15) is 11.6 Å². The van der Waals surface area contributed by atoms with Crippen molar-refractivity contribution in [3.8, 4) is 5.69 Å². The first-order chi connectivity index (χ1) is 11.3. The Morgan fingerprint density at radius 3 is 2.38 bits per heavy atom. The zero-order valence-electron chi connectivity index (χ0n) is 13.5. The van der Waals surface area contributed by atoms with Crippen LogP contribution in [0, 0.1) is 19.7 Å². The summed E-state index contributed by atoms with van der Waals surface area (Å²) in [5.41, 5.74) is 1.09. The Morgan fingerprint density at radius 1 is 1.12 bits per heavy atom. The highest BCUT2D eigenvalue weighted by molar-refractivity contribution is 7.91. The number of hydrogen-bond donors (Lipinski definition) is 0. The molecule has 0 unspecified atom stereocenters. The molecule has 6 nitrogen and oxygen atoms in total. The molecule has 1 aliphatic heterocycles. The van der Waals surface area contributed by atoms with Crippen LogP contribution in [-0.2, 0) is 9.84 Å². The van der Waals surface area contributed by atoms with E-state index in [4.69, 9.17) is 0 Å². The largest absolute Gasteiger partial charge is 0.367 e. The van der Waals surface area contributed by atoms with E-state index in [-0.39, 0.29) is 30.2 Å². The van der Waals surface area contributed by atoms with E-state index < -0.39 is 15.7 Å². The average molecular weight is 351 g/mol. The molecule has 1 aromatic heterocycles. The monoisotopic (exact) mass is 351 g/mol. The van der Waals surface area contributed by atoms with Crippen molar-refractivity contribution >= 4 is 15.5 Å². The van der Waals surface area contributed by atoms with Crippen molar-refractivity contribution in [1.82, 2.24) is 9.55 Å². The van der Waals surface area contributed by atoms with Gasteiger partial charge >= 0.3 is 0 Å². The Balaban J connectivity index is 1.96. The standard InChI is InChI=1S/C16H18FN3O3S/c1-11-9-16(21)20(12(2)18-11)13-3-4-15(14(17)10-13)19-5-7-24(22,23)8-6-19/h3-4,9-10H,5-8H2,1-2H3. The zero-order valence-corrected chi connectivity index (χ0v) is 14.3. The first-order valence-corrected chi connectivity index (χ1v) is 9.41. The highest BCUT2D eigenvalue weighted by Gasteiger charge is 2.23. The minimum atomic E-state index is -3.02. The highest BCUT2D eigenvalue weighted by atomic mass is 32.2. The van der Waals surface area contributed by atoms with Crippen LogP contribution >= 0.6 is 0 Å². The Labute approximate surface area is 139 Å².